The number of hydrogen-bond acceptors (Lipinski definition) is 3. The second-order valence-corrected chi connectivity index (χ2v) is 7.06. The number of aromatic nitrogens is 1. The van der Waals surface area contributed by atoms with Crippen molar-refractivity contribution in [1.29, 1.82) is 0 Å². The highest BCUT2D eigenvalue weighted by Gasteiger charge is 2.49. The van der Waals surface area contributed by atoms with Crippen molar-refractivity contribution in [3.8, 4) is 0 Å². The molecule has 2 aromatic rings. The summed E-state index contributed by atoms with van der Waals surface area (Å²) in [5.41, 5.74) is 0.265. The fourth-order valence-corrected chi connectivity index (χ4v) is 3.93. The normalized spacial score (nSPS) is 23.4. The van der Waals surface area contributed by atoms with Crippen LogP contribution in [0.4, 0.5) is 4.39 Å². The lowest BCUT2D eigenvalue weighted by Crippen LogP contribution is -2.57. The summed E-state index contributed by atoms with van der Waals surface area (Å²) < 4.78 is 13.5. The molecule has 0 spiro atoms. The Bertz CT molecular complexity index is 863. The third-order valence-corrected chi connectivity index (χ3v) is 5.43. The number of benzene rings is 1. The fraction of sp³-hybridized carbons (Fsp3) is 0.474. The van der Waals surface area contributed by atoms with Gasteiger partial charge in [-0.1, -0.05) is 13.3 Å². The molecule has 0 aliphatic carbocycles. The Balaban J connectivity index is 1.95. The summed E-state index contributed by atoms with van der Waals surface area (Å²) in [6.45, 7) is 3.83. The number of aryl methyl sites for hydroxylation is 1. The van der Waals surface area contributed by atoms with Gasteiger partial charge in [0.05, 0.1) is 6.10 Å². The van der Waals surface area contributed by atoms with E-state index in [1.807, 2.05) is 6.92 Å². The molecule has 0 saturated carbocycles. The molecule has 1 fully saturated rings. The fourth-order valence-electron chi connectivity index (χ4n) is 3.93. The van der Waals surface area contributed by atoms with Gasteiger partial charge < -0.3 is 20.1 Å². The number of hydrogen-bond donors (Lipinski definition) is 3. The Morgan fingerprint density at radius 1 is 1.42 bits per heavy atom. The molecule has 140 valence electrons. The molecule has 3 N–H and O–H groups in total. The minimum Gasteiger partial charge on any atom is -0.481 e. The lowest BCUT2D eigenvalue weighted by molar-refractivity contribution is -0.162. The number of aliphatic carboxylic acids is 1. The van der Waals surface area contributed by atoms with Crippen LogP contribution in [-0.4, -0.2) is 51.2 Å². The number of likely N-dealkylation sites (tertiary alicyclic amines) is 1. The summed E-state index contributed by atoms with van der Waals surface area (Å²) in [5.74, 6) is -1.79. The molecule has 1 aliphatic heterocycles. The van der Waals surface area contributed by atoms with E-state index in [9.17, 15) is 24.2 Å². The van der Waals surface area contributed by atoms with Crippen molar-refractivity contribution in [2.75, 3.05) is 13.1 Å². The number of aliphatic hydroxyl groups excluding tert-OH is 1. The van der Waals surface area contributed by atoms with Crippen molar-refractivity contribution < 1.29 is 24.2 Å². The number of aliphatic hydroxyl groups is 1. The van der Waals surface area contributed by atoms with Crippen molar-refractivity contribution in [1.82, 2.24) is 9.88 Å². The number of aromatic amines is 1. The minimum absolute atomic E-state index is 0.0423. The van der Waals surface area contributed by atoms with Crippen molar-refractivity contribution in [3.05, 3.63) is 35.3 Å². The number of rotatable bonds is 4. The number of carbonyl (C=O) groups excluding carboxylic acids is 1. The van der Waals surface area contributed by atoms with Gasteiger partial charge in [-0.2, -0.15) is 0 Å². The Hall–Kier alpha value is -2.41. The molecule has 2 atom stereocenters. The van der Waals surface area contributed by atoms with E-state index in [1.54, 1.807) is 13.0 Å². The van der Waals surface area contributed by atoms with Crippen molar-refractivity contribution in [2.24, 2.45) is 5.41 Å². The van der Waals surface area contributed by atoms with Crippen LogP contribution in [0.5, 0.6) is 0 Å². The Morgan fingerprint density at radius 2 is 2.15 bits per heavy atom. The first-order valence-electron chi connectivity index (χ1n) is 8.78. The highest BCUT2D eigenvalue weighted by molar-refractivity contribution is 6.01. The first-order chi connectivity index (χ1) is 12.3. The lowest BCUT2D eigenvalue weighted by Gasteiger charge is -2.43. The predicted molar refractivity (Wildman–Crippen MR) is 94.5 cm³/mol. The topological polar surface area (TPSA) is 93.6 Å². The van der Waals surface area contributed by atoms with Gasteiger partial charge in [-0.05, 0) is 43.5 Å². The second-order valence-electron chi connectivity index (χ2n) is 7.06. The Labute approximate surface area is 150 Å². The maximum absolute atomic E-state index is 13.5. The first-order valence-corrected chi connectivity index (χ1v) is 8.78. The SMILES string of the molecule is CCC[C@@]1(C(=O)O)CN(C(=O)c2[nH]c3ccc(F)cc3c2C)CC[C@H]1O. The maximum Gasteiger partial charge on any atom is 0.314 e. The Morgan fingerprint density at radius 3 is 2.81 bits per heavy atom. The number of H-pyrrole nitrogens is 1. The van der Waals surface area contributed by atoms with Gasteiger partial charge in [-0.25, -0.2) is 4.39 Å². The molecule has 0 unspecified atom stereocenters. The molecular weight excluding hydrogens is 339 g/mol. The zero-order chi connectivity index (χ0) is 19.1. The first kappa shape index (κ1) is 18.4. The molecule has 1 aliphatic rings. The highest BCUT2D eigenvalue weighted by atomic mass is 19.1. The molecule has 1 aromatic heterocycles. The summed E-state index contributed by atoms with van der Waals surface area (Å²) in [7, 11) is 0. The molecule has 1 aromatic carbocycles. The van der Waals surface area contributed by atoms with Crippen LogP contribution in [0.2, 0.25) is 0 Å². The van der Waals surface area contributed by atoms with E-state index in [0.29, 0.717) is 35.0 Å². The average molecular weight is 362 g/mol. The Kier molecular flexibility index (Phi) is 4.75. The number of carboxylic acids is 1. The number of nitrogens with zero attached hydrogens (tertiary/aromatic N) is 1. The third kappa shape index (κ3) is 2.86. The molecule has 0 radical (unpaired) electrons. The smallest absolute Gasteiger partial charge is 0.314 e. The van der Waals surface area contributed by atoms with Gasteiger partial charge in [-0.3, -0.25) is 9.59 Å². The van der Waals surface area contributed by atoms with Gasteiger partial charge >= 0.3 is 5.97 Å². The van der Waals surface area contributed by atoms with Crippen LogP contribution in [0.15, 0.2) is 18.2 Å². The van der Waals surface area contributed by atoms with Gasteiger partial charge in [0.15, 0.2) is 0 Å². The monoisotopic (exact) mass is 362 g/mol. The zero-order valence-corrected chi connectivity index (χ0v) is 14.9. The zero-order valence-electron chi connectivity index (χ0n) is 14.9. The van der Waals surface area contributed by atoms with E-state index in [0.717, 1.165) is 0 Å². The second kappa shape index (κ2) is 6.72. The largest absolute Gasteiger partial charge is 0.481 e. The summed E-state index contributed by atoms with van der Waals surface area (Å²) in [4.78, 5) is 29.4. The molecule has 1 amide bonds. The van der Waals surface area contributed by atoms with Crippen LogP contribution in [0.25, 0.3) is 10.9 Å². The molecule has 1 saturated heterocycles. The van der Waals surface area contributed by atoms with E-state index in [2.05, 4.69) is 4.98 Å². The van der Waals surface area contributed by atoms with E-state index in [4.69, 9.17) is 0 Å². The van der Waals surface area contributed by atoms with Crippen LogP contribution >= 0.6 is 0 Å². The number of fused-ring (bicyclic) bond motifs is 1. The lowest BCUT2D eigenvalue weighted by atomic mass is 9.74. The molecule has 6 nitrogen and oxygen atoms in total. The minimum atomic E-state index is -1.35. The molecule has 26 heavy (non-hydrogen) atoms. The van der Waals surface area contributed by atoms with Gasteiger partial charge in [0.25, 0.3) is 5.91 Å². The summed E-state index contributed by atoms with van der Waals surface area (Å²) >= 11 is 0. The molecule has 7 heteroatoms. The highest BCUT2D eigenvalue weighted by Crippen LogP contribution is 2.36. The van der Waals surface area contributed by atoms with E-state index >= 15 is 0 Å². The number of nitrogens with one attached hydrogen (secondary N) is 1. The summed E-state index contributed by atoms with van der Waals surface area (Å²) in [6.07, 6.45) is 0.119. The summed E-state index contributed by atoms with van der Waals surface area (Å²) in [6, 6.07) is 4.27. The summed E-state index contributed by atoms with van der Waals surface area (Å²) in [5, 5.41) is 20.7. The van der Waals surface area contributed by atoms with E-state index in [-0.39, 0.29) is 31.2 Å². The molecule has 2 heterocycles. The van der Waals surface area contributed by atoms with Crippen molar-refractivity contribution in [3.63, 3.8) is 0 Å². The van der Waals surface area contributed by atoms with Gasteiger partial charge in [0.1, 0.15) is 16.9 Å². The van der Waals surface area contributed by atoms with Crippen LogP contribution in [0.3, 0.4) is 0 Å². The number of piperidine rings is 1. The van der Waals surface area contributed by atoms with Crippen molar-refractivity contribution in [2.45, 2.75) is 39.2 Å². The van der Waals surface area contributed by atoms with E-state index in [1.165, 1.54) is 17.0 Å². The van der Waals surface area contributed by atoms with Crippen LogP contribution in [-0.2, 0) is 4.79 Å². The molecular formula is C19H23FN2O4. The number of halogens is 1. The van der Waals surface area contributed by atoms with Crippen LogP contribution in [0.1, 0.15) is 42.2 Å². The quantitative estimate of drug-likeness (QED) is 0.779. The van der Waals surface area contributed by atoms with Crippen molar-refractivity contribution >= 4 is 22.8 Å². The average Bonchev–Trinajstić information content (AvgIpc) is 2.92. The third-order valence-electron chi connectivity index (χ3n) is 5.43. The van der Waals surface area contributed by atoms with Crippen LogP contribution in [0, 0.1) is 18.2 Å². The van der Waals surface area contributed by atoms with Gasteiger partial charge in [-0.15, -0.1) is 0 Å². The predicted octanol–water partition coefficient (Wildman–Crippen LogP) is 2.69. The number of amides is 1. The maximum atomic E-state index is 13.5. The molecule has 3 rings (SSSR count). The standard InChI is InChI=1S/C19H23FN2O4/c1-3-7-19(18(25)26)10-22(8-6-15(19)23)17(24)16-11(2)13-9-12(20)4-5-14(13)21-16/h4-5,9,15,21,23H,3,6-8,10H2,1-2H3,(H,25,26)/t15-,19-/m1/s1. The van der Waals surface area contributed by atoms with Crippen LogP contribution < -0.4 is 0 Å². The number of carboxylic acid groups (broad SMARTS) is 1. The number of carbonyl (C=O) groups is 2. The van der Waals surface area contributed by atoms with Gasteiger partial charge in [0, 0.05) is 24.0 Å². The molecule has 0 bridgehead atoms. The van der Waals surface area contributed by atoms with Gasteiger partial charge in [0.2, 0.25) is 0 Å². The van der Waals surface area contributed by atoms with E-state index < -0.39 is 17.5 Å².